The topological polar surface area (TPSA) is 87.1 Å². The first-order valence-corrected chi connectivity index (χ1v) is 5.81. The molecule has 1 saturated heterocycles. The highest BCUT2D eigenvalue weighted by Gasteiger charge is 2.23. The predicted octanol–water partition coefficient (Wildman–Crippen LogP) is -0.291. The summed E-state index contributed by atoms with van der Waals surface area (Å²) in [5.41, 5.74) is 0. The van der Waals surface area contributed by atoms with E-state index in [9.17, 15) is 9.59 Å². The summed E-state index contributed by atoms with van der Waals surface area (Å²) in [5.74, 6) is -0.902. The first-order chi connectivity index (χ1) is 8.13. The molecule has 1 heterocycles. The molecular formula is C11H19NO5. The second-order valence-corrected chi connectivity index (χ2v) is 4.25. The fourth-order valence-corrected chi connectivity index (χ4v) is 2.03. The van der Waals surface area contributed by atoms with Gasteiger partial charge in [-0.3, -0.25) is 4.79 Å². The van der Waals surface area contributed by atoms with Crippen LogP contribution in [0.15, 0.2) is 0 Å². The highest BCUT2D eigenvalue weighted by molar-refractivity contribution is 5.78. The van der Waals surface area contributed by atoms with E-state index in [4.69, 9.17) is 14.9 Å². The number of carbonyl (C=O) groups is 2. The zero-order valence-corrected chi connectivity index (χ0v) is 9.80. The summed E-state index contributed by atoms with van der Waals surface area (Å²) in [6, 6.07) is 0. The molecule has 0 radical (unpaired) electrons. The van der Waals surface area contributed by atoms with Crippen LogP contribution in [0.4, 0.5) is 0 Å². The Bertz CT molecular complexity index is 267. The van der Waals surface area contributed by atoms with Gasteiger partial charge in [0.05, 0.1) is 0 Å². The van der Waals surface area contributed by atoms with Crippen LogP contribution in [-0.4, -0.2) is 59.9 Å². The molecule has 1 rings (SSSR count). The van der Waals surface area contributed by atoms with Crippen molar-refractivity contribution >= 4 is 11.9 Å². The highest BCUT2D eigenvalue weighted by Crippen LogP contribution is 2.19. The smallest absolute Gasteiger partial charge is 0.329 e. The molecule has 0 aromatic rings. The molecule has 1 amide bonds. The van der Waals surface area contributed by atoms with E-state index in [2.05, 4.69) is 0 Å². The van der Waals surface area contributed by atoms with Gasteiger partial charge in [0, 0.05) is 19.7 Å². The van der Waals surface area contributed by atoms with Crippen LogP contribution in [0.1, 0.15) is 19.3 Å². The van der Waals surface area contributed by atoms with Gasteiger partial charge in [0.2, 0.25) is 5.91 Å². The van der Waals surface area contributed by atoms with Crippen molar-refractivity contribution in [1.29, 1.82) is 0 Å². The summed E-state index contributed by atoms with van der Waals surface area (Å²) < 4.78 is 4.77. The second-order valence-electron chi connectivity index (χ2n) is 4.25. The van der Waals surface area contributed by atoms with Crippen molar-refractivity contribution in [2.75, 3.05) is 32.9 Å². The van der Waals surface area contributed by atoms with Crippen LogP contribution in [0.2, 0.25) is 0 Å². The molecule has 0 bridgehead atoms. The first-order valence-electron chi connectivity index (χ1n) is 5.81. The van der Waals surface area contributed by atoms with Crippen LogP contribution in [0.3, 0.4) is 0 Å². The van der Waals surface area contributed by atoms with Crippen LogP contribution in [0.5, 0.6) is 0 Å². The van der Waals surface area contributed by atoms with Gasteiger partial charge in [0.15, 0.2) is 0 Å². The molecule has 1 unspecified atom stereocenters. The van der Waals surface area contributed by atoms with Crippen LogP contribution in [0, 0.1) is 5.92 Å². The molecule has 1 atom stereocenters. The van der Waals surface area contributed by atoms with Crippen LogP contribution in [0.25, 0.3) is 0 Å². The van der Waals surface area contributed by atoms with Gasteiger partial charge in [-0.1, -0.05) is 0 Å². The van der Waals surface area contributed by atoms with Crippen LogP contribution >= 0.6 is 0 Å². The number of likely N-dealkylation sites (tertiary alicyclic amines) is 1. The van der Waals surface area contributed by atoms with Gasteiger partial charge in [-0.2, -0.15) is 0 Å². The number of ether oxygens (including phenoxy) is 1. The Morgan fingerprint density at radius 3 is 2.76 bits per heavy atom. The highest BCUT2D eigenvalue weighted by atomic mass is 16.5. The number of aliphatic hydroxyl groups excluding tert-OH is 1. The number of aliphatic hydroxyl groups is 1. The maximum absolute atomic E-state index is 11.7. The predicted molar refractivity (Wildman–Crippen MR) is 59.5 cm³/mol. The molecule has 0 aromatic carbocycles. The first kappa shape index (κ1) is 13.9. The molecule has 1 fully saturated rings. The molecular weight excluding hydrogens is 226 g/mol. The average molecular weight is 245 g/mol. The second kappa shape index (κ2) is 7.24. The standard InChI is InChI=1S/C11H19NO5/c13-5-3-9-2-1-4-12(6-9)10(14)7-17-8-11(15)16/h9,13H,1-8H2,(H,15,16). The van der Waals surface area contributed by atoms with Crippen molar-refractivity contribution in [3.63, 3.8) is 0 Å². The zero-order valence-electron chi connectivity index (χ0n) is 9.80. The van der Waals surface area contributed by atoms with E-state index in [0.717, 1.165) is 12.8 Å². The minimum Gasteiger partial charge on any atom is -0.480 e. The van der Waals surface area contributed by atoms with Gasteiger partial charge >= 0.3 is 5.97 Å². The number of carboxylic acid groups (broad SMARTS) is 1. The molecule has 1 aliphatic heterocycles. The van der Waals surface area contributed by atoms with Gasteiger partial charge in [-0.15, -0.1) is 0 Å². The Balaban J connectivity index is 2.28. The number of amides is 1. The van der Waals surface area contributed by atoms with Crippen molar-refractivity contribution < 1.29 is 24.5 Å². The fraction of sp³-hybridized carbons (Fsp3) is 0.818. The molecule has 0 aromatic heterocycles. The van der Waals surface area contributed by atoms with Crippen molar-refractivity contribution in [2.45, 2.75) is 19.3 Å². The van der Waals surface area contributed by atoms with Gasteiger partial charge in [-0.05, 0) is 25.2 Å². The maximum atomic E-state index is 11.7. The molecule has 0 spiro atoms. The molecule has 2 N–H and O–H groups in total. The summed E-state index contributed by atoms with van der Waals surface area (Å²) >= 11 is 0. The Morgan fingerprint density at radius 1 is 1.35 bits per heavy atom. The van der Waals surface area contributed by atoms with E-state index in [1.165, 1.54) is 0 Å². The van der Waals surface area contributed by atoms with Crippen LogP contribution in [-0.2, 0) is 14.3 Å². The average Bonchev–Trinajstić information content (AvgIpc) is 2.29. The van der Waals surface area contributed by atoms with Crippen molar-refractivity contribution in [2.24, 2.45) is 5.92 Å². The number of aliphatic carboxylic acids is 1. The fourth-order valence-electron chi connectivity index (χ4n) is 2.03. The summed E-state index contributed by atoms with van der Waals surface area (Å²) in [6.07, 6.45) is 2.66. The normalized spacial score (nSPS) is 20.3. The van der Waals surface area contributed by atoms with Gasteiger partial charge < -0.3 is 19.8 Å². The maximum Gasteiger partial charge on any atom is 0.329 e. The lowest BCUT2D eigenvalue weighted by Gasteiger charge is -2.32. The monoisotopic (exact) mass is 245 g/mol. The zero-order chi connectivity index (χ0) is 12.7. The molecule has 17 heavy (non-hydrogen) atoms. The van der Waals surface area contributed by atoms with E-state index in [0.29, 0.717) is 25.4 Å². The molecule has 6 nitrogen and oxygen atoms in total. The number of carboxylic acids is 1. The van der Waals surface area contributed by atoms with Gasteiger partial charge in [0.25, 0.3) is 0 Å². The van der Waals surface area contributed by atoms with E-state index >= 15 is 0 Å². The largest absolute Gasteiger partial charge is 0.480 e. The minimum atomic E-state index is -1.07. The summed E-state index contributed by atoms with van der Waals surface area (Å²) in [4.78, 5) is 23.6. The van der Waals surface area contributed by atoms with Crippen molar-refractivity contribution in [3.05, 3.63) is 0 Å². The van der Waals surface area contributed by atoms with Crippen molar-refractivity contribution in [3.8, 4) is 0 Å². The Hall–Kier alpha value is -1.14. The third-order valence-corrected chi connectivity index (χ3v) is 2.86. The molecule has 98 valence electrons. The van der Waals surface area contributed by atoms with E-state index in [-0.39, 0.29) is 19.1 Å². The number of piperidine rings is 1. The molecule has 6 heteroatoms. The third-order valence-electron chi connectivity index (χ3n) is 2.86. The Morgan fingerprint density at radius 2 is 2.12 bits per heavy atom. The summed E-state index contributed by atoms with van der Waals surface area (Å²) in [5, 5.41) is 17.2. The van der Waals surface area contributed by atoms with Crippen LogP contribution < -0.4 is 0 Å². The quantitative estimate of drug-likeness (QED) is 0.671. The van der Waals surface area contributed by atoms with E-state index in [1.54, 1.807) is 4.90 Å². The third kappa shape index (κ3) is 5.14. The van der Waals surface area contributed by atoms with Crippen molar-refractivity contribution in [1.82, 2.24) is 4.90 Å². The lowest BCUT2D eigenvalue weighted by Crippen LogP contribution is -2.42. The van der Waals surface area contributed by atoms with Gasteiger partial charge in [-0.25, -0.2) is 4.79 Å². The summed E-state index contributed by atoms with van der Waals surface area (Å²) in [6.45, 7) is 0.840. The molecule has 0 saturated carbocycles. The molecule has 0 aliphatic carbocycles. The number of carbonyl (C=O) groups excluding carboxylic acids is 1. The van der Waals surface area contributed by atoms with Gasteiger partial charge in [0.1, 0.15) is 13.2 Å². The lowest BCUT2D eigenvalue weighted by molar-refractivity contribution is -0.146. The lowest BCUT2D eigenvalue weighted by atomic mass is 9.95. The molecule has 1 aliphatic rings. The Labute approximate surface area is 100 Å². The number of rotatable bonds is 6. The minimum absolute atomic E-state index is 0.141. The SMILES string of the molecule is O=C(O)COCC(=O)N1CCCC(CCO)C1. The number of hydrogen-bond donors (Lipinski definition) is 2. The Kier molecular flexibility index (Phi) is 5.93. The number of nitrogens with zero attached hydrogens (tertiary/aromatic N) is 1. The summed E-state index contributed by atoms with van der Waals surface area (Å²) in [7, 11) is 0. The number of hydrogen-bond acceptors (Lipinski definition) is 4. The van der Waals surface area contributed by atoms with E-state index in [1.807, 2.05) is 0 Å². The van der Waals surface area contributed by atoms with E-state index < -0.39 is 12.6 Å².